The van der Waals surface area contributed by atoms with Crippen LogP contribution in [0, 0.1) is 0 Å². The molecule has 0 radical (unpaired) electrons. The number of anilines is 1. The van der Waals surface area contributed by atoms with E-state index < -0.39 is 0 Å². The lowest BCUT2D eigenvalue weighted by Gasteiger charge is -2.29. The summed E-state index contributed by atoms with van der Waals surface area (Å²) in [6.45, 7) is 0.857. The van der Waals surface area contributed by atoms with Crippen LogP contribution in [0.3, 0.4) is 0 Å². The maximum absolute atomic E-state index is 5.82. The van der Waals surface area contributed by atoms with E-state index in [4.69, 9.17) is 26.1 Å². The molecule has 2 aliphatic rings. The number of benzene rings is 1. The van der Waals surface area contributed by atoms with Gasteiger partial charge in [-0.1, -0.05) is 6.07 Å². The average molecular weight is 445 g/mol. The van der Waals surface area contributed by atoms with Crippen LogP contribution in [0.5, 0.6) is 11.5 Å². The normalized spacial score (nSPS) is 19.4. The summed E-state index contributed by atoms with van der Waals surface area (Å²) in [4.78, 5) is 6.75. The summed E-state index contributed by atoms with van der Waals surface area (Å²) < 4.78 is 18.9. The molecule has 160 valence electrons. The van der Waals surface area contributed by atoms with Crippen molar-refractivity contribution in [3.63, 3.8) is 0 Å². The smallest absolute Gasteiger partial charge is 0.231 e. The van der Waals surface area contributed by atoms with Crippen LogP contribution in [0.15, 0.2) is 83.7 Å². The SMILES string of the molecule is S=C1N[C@@H](c2ccccn2)[C@@H](c2cccn2Cc2ccco2)N1c1ccc2c(c1)OCO2. The average Bonchev–Trinajstić information content (AvgIpc) is 3.61. The molecule has 32 heavy (non-hydrogen) atoms. The van der Waals surface area contributed by atoms with Gasteiger partial charge in [-0.15, -0.1) is 0 Å². The monoisotopic (exact) mass is 444 g/mol. The van der Waals surface area contributed by atoms with Gasteiger partial charge in [0.15, 0.2) is 16.6 Å². The van der Waals surface area contributed by atoms with E-state index in [1.165, 1.54) is 0 Å². The molecule has 4 aromatic rings. The highest BCUT2D eigenvalue weighted by molar-refractivity contribution is 7.80. The van der Waals surface area contributed by atoms with E-state index >= 15 is 0 Å². The van der Waals surface area contributed by atoms with Crippen molar-refractivity contribution in [3.05, 3.63) is 96.5 Å². The minimum absolute atomic E-state index is 0.122. The number of hydrogen-bond donors (Lipinski definition) is 1. The number of nitrogens with one attached hydrogen (secondary N) is 1. The Morgan fingerprint density at radius 3 is 2.81 bits per heavy atom. The first-order valence-electron chi connectivity index (χ1n) is 10.4. The number of aromatic nitrogens is 2. The fourth-order valence-corrected chi connectivity index (χ4v) is 4.72. The van der Waals surface area contributed by atoms with E-state index in [-0.39, 0.29) is 18.9 Å². The molecule has 2 atom stereocenters. The first-order valence-corrected chi connectivity index (χ1v) is 10.8. The van der Waals surface area contributed by atoms with Gasteiger partial charge in [-0.05, 0) is 60.7 Å². The second kappa shape index (κ2) is 7.72. The van der Waals surface area contributed by atoms with Crippen LogP contribution < -0.4 is 19.7 Å². The number of nitrogens with zero attached hydrogens (tertiary/aromatic N) is 3. The lowest BCUT2D eigenvalue weighted by Crippen LogP contribution is -2.30. The van der Waals surface area contributed by atoms with Gasteiger partial charge in [0.25, 0.3) is 0 Å². The summed E-state index contributed by atoms with van der Waals surface area (Å²) in [6, 6.07) is 19.7. The Hall–Kier alpha value is -3.78. The van der Waals surface area contributed by atoms with Gasteiger partial charge in [0.2, 0.25) is 6.79 Å². The van der Waals surface area contributed by atoms with E-state index in [9.17, 15) is 0 Å². The summed E-state index contributed by atoms with van der Waals surface area (Å²) >= 11 is 5.82. The van der Waals surface area contributed by atoms with Crippen LogP contribution in [0.4, 0.5) is 5.69 Å². The molecular formula is C24H20N4O3S. The quantitative estimate of drug-likeness (QED) is 0.457. The molecular weight excluding hydrogens is 424 g/mol. The van der Waals surface area contributed by atoms with Gasteiger partial charge in [-0.2, -0.15) is 0 Å². The van der Waals surface area contributed by atoms with Crippen molar-refractivity contribution in [2.24, 2.45) is 0 Å². The summed E-state index contributed by atoms with van der Waals surface area (Å²) in [6.07, 6.45) is 5.56. The zero-order valence-corrected chi connectivity index (χ0v) is 17.9. The van der Waals surface area contributed by atoms with Gasteiger partial charge in [-0.3, -0.25) is 4.98 Å². The fourth-order valence-electron chi connectivity index (χ4n) is 4.38. The van der Waals surface area contributed by atoms with Gasteiger partial charge in [0, 0.05) is 29.8 Å². The molecule has 6 rings (SSSR count). The van der Waals surface area contributed by atoms with Gasteiger partial charge >= 0.3 is 0 Å². The molecule has 5 heterocycles. The molecule has 1 N–H and O–H groups in total. The second-order valence-electron chi connectivity index (χ2n) is 7.67. The molecule has 2 aliphatic heterocycles. The zero-order valence-electron chi connectivity index (χ0n) is 17.0. The van der Waals surface area contributed by atoms with Crippen molar-refractivity contribution in [1.29, 1.82) is 0 Å². The molecule has 0 saturated carbocycles. The standard InChI is InChI=1S/C24H20N4O3S/c32-24-26-22(18-6-1-2-10-25-18)23(19-7-3-11-27(19)14-17-5-4-12-29-17)28(24)16-8-9-20-21(13-16)31-15-30-20/h1-13,22-23H,14-15H2,(H,26,32)/t22-,23+/m0/s1. The van der Waals surface area contributed by atoms with Crippen molar-refractivity contribution in [3.8, 4) is 11.5 Å². The summed E-state index contributed by atoms with van der Waals surface area (Å²) in [5.41, 5.74) is 2.96. The molecule has 0 amide bonds. The molecule has 1 saturated heterocycles. The highest BCUT2D eigenvalue weighted by Gasteiger charge is 2.42. The van der Waals surface area contributed by atoms with Gasteiger partial charge in [-0.25, -0.2) is 0 Å². The topological polar surface area (TPSA) is 64.7 Å². The predicted octanol–water partition coefficient (Wildman–Crippen LogP) is 4.43. The van der Waals surface area contributed by atoms with Gasteiger partial charge in [0.1, 0.15) is 11.8 Å². The largest absolute Gasteiger partial charge is 0.467 e. The lowest BCUT2D eigenvalue weighted by atomic mass is 10.0. The predicted molar refractivity (Wildman–Crippen MR) is 123 cm³/mol. The van der Waals surface area contributed by atoms with Gasteiger partial charge in [0.05, 0.1) is 24.5 Å². The van der Waals surface area contributed by atoms with E-state index in [0.29, 0.717) is 11.7 Å². The summed E-state index contributed by atoms with van der Waals surface area (Å²) in [5.74, 6) is 2.35. The molecule has 8 heteroatoms. The van der Waals surface area contributed by atoms with Gasteiger partial charge < -0.3 is 28.7 Å². The Kier molecular flexibility index (Phi) is 4.57. The molecule has 0 bridgehead atoms. The highest BCUT2D eigenvalue weighted by atomic mass is 32.1. The Bertz CT molecular complexity index is 1260. The minimum atomic E-state index is -0.126. The maximum Gasteiger partial charge on any atom is 0.231 e. The molecule has 1 fully saturated rings. The van der Waals surface area contributed by atoms with Crippen molar-refractivity contribution < 1.29 is 13.9 Å². The number of pyridine rings is 1. The van der Waals surface area contributed by atoms with Crippen LogP contribution in [0.2, 0.25) is 0 Å². The number of fused-ring (bicyclic) bond motifs is 1. The first kappa shape index (κ1) is 18.9. The van der Waals surface area contributed by atoms with E-state index in [0.717, 1.165) is 34.3 Å². The Morgan fingerprint density at radius 2 is 1.97 bits per heavy atom. The number of hydrogen-bond acceptors (Lipinski definition) is 5. The number of furan rings is 1. The second-order valence-corrected chi connectivity index (χ2v) is 8.06. The van der Waals surface area contributed by atoms with Crippen molar-refractivity contribution in [1.82, 2.24) is 14.9 Å². The Labute approximate surface area is 190 Å². The van der Waals surface area contributed by atoms with Crippen LogP contribution in [0.1, 0.15) is 29.2 Å². The molecule has 7 nitrogen and oxygen atoms in total. The lowest BCUT2D eigenvalue weighted by molar-refractivity contribution is 0.174. The van der Waals surface area contributed by atoms with E-state index in [1.54, 1.807) is 6.26 Å². The third kappa shape index (κ3) is 3.20. The molecule has 0 unspecified atom stereocenters. The summed E-state index contributed by atoms with van der Waals surface area (Å²) in [5, 5.41) is 4.13. The first-order chi connectivity index (χ1) is 15.8. The van der Waals surface area contributed by atoms with Crippen molar-refractivity contribution in [2.75, 3.05) is 11.7 Å². The van der Waals surface area contributed by atoms with Crippen LogP contribution in [-0.4, -0.2) is 21.5 Å². The third-order valence-electron chi connectivity index (χ3n) is 5.81. The summed E-state index contributed by atoms with van der Waals surface area (Å²) in [7, 11) is 0. The Balaban J connectivity index is 1.46. The Morgan fingerprint density at radius 1 is 1.03 bits per heavy atom. The third-order valence-corrected chi connectivity index (χ3v) is 6.12. The van der Waals surface area contributed by atoms with Crippen molar-refractivity contribution >= 4 is 23.0 Å². The van der Waals surface area contributed by atoms with E-state index in [1.807, 2.05) is 60.8 Å². The number of rotatable bonds is 5. The highest BCUT2D eigenvalue weighted by Crippen LogP contribution is 2.44. The number of ether oxygens (including phenoxy) is 2. The van der Waals surface area contributed by atoms with Crippen LogP contribution in [0.25, 0.3) is 0 Å². The molecule has 3 aromatic heterocycles. The van der Waals surface area contributed by atoms with Crippen molar-refractivity contribution in [2.45, 2.75) is 18.6 Å². The minimum Gasteiger partial charge on any atom is -0.467 e. The molecule has 1 aromatic carbocycles. The van der Waals surface area contributed by atoms with Crippen LogP contribution in [-0.2, 0) is 6.54 Å². The van der Waals surface area contributed by atoms with E-state index in [2.05, 4.69) is 32.0 Å². The fraction of sp³-hybridized carbons (Fsp3) is 0.167. The maximum atomic E-state index is 5.82. The molecule has 0 spiro atoms. The van der Waals surface area contributed by atoms with Crippen LogP contribution >= 0.6 is 12.2 Å². The molecule has 0 aliphatic carbocycles. The zero-order chi connectivity index (χ0) is 21.5. The number of thiocarbonyl (C=S) groups is 1.